The topological polar surface area (TPSA) is 61.4 Å². The second-order valence-electron chi connectivity index (χ2n) is 6.61. The molecule has 0 spiro atoms. The molecule has 1 atom stereocenters. The van der Waals surface area contributed by atoms with Gasteiger partial charge in [0.25, 0.3) is 5.91 Å². The van der Waals surface area contributed by atoms with Gasteiger partial charge in [0.15, 0.2) is 0 Å². The Morgan fingerprint density at radius 2 is 1.80 bits per heavy atom. The van der Waals surface area contributed by atoms with E-state index in [1.54, 1.807) is 36.1 Å². The Morgan fingerprint density at radius 3 is 2.48 bits per heavy atom. The number of carbonyl (C=O) groups excluding carboxylic acids is 2. The number of carbonyl (C=O) groups is 2. The Balaban J connectivity index is 1.89. The number of para-hydroxylation sites is 2. The molecular weight excluding hydrogens is 338 g/mol. The number of hydrogen-bond acceptors (Lipinski definition) is 3. The summed E-state index contributed by atoms with van der Waals surface area (Å²) in [5.74, 6) is -0.409. The number of nitrogens with zero attached hydrogens (tertiary/aromatic N) is 1. The van der Waals surface area contributed by atoms with Crippen LogP contribution in [0.2, 0.25) is 5.02 Å². The summed E-state index contributed by atoms with van der Waals surface area (Å²) in [6.45, 7) is 5.34. The lowest BCUT2D eigenvalue weighted by molar-refractivity contribution is -0.125. The van der Waals surface area contributed by atoms with Crippen molar-refractivity contribution in [3.63, 3.8) is 0 Å². The second kappa shape index (κ2) is 6.41. The van der Waals surface area contributed by atoms with Crippen LogP contribution in [0.5, 0.6) is 0 Å². The maximum absolute atomic E-state index is 12.9. The van der Waals surface area contributed by atoms with Crippen molar-refractivity contribution in [2.45, 2.75) is 32.4 Å². The standard InChI is InChI=1S/C19H20ClN3O2/c1-12(17(24)21-14-10-8-13(20)9-11-14)23-16-7-5-4-6-15(16)22-19(2,3)18(23)25/h4-12,22H,1-3H3,(H,21,24). The molecule has 0 fully saturated rings. The first-order valence-corrected chi connectivity index (χ1v) is 8.45. The third-order valence-electron chi connectivity index (χ3n) is 4.24. The van der Waals surface area contributed by atoms with Crippen molar-refractivity contribution < 1.29 is 9.59 Å². The Labute approximate surface area is 152 Å². The van der Waals surface area contributed by atoms with Crippen LogP contribution in [-0.4, -0.2) is 23.4 Å². The summed E-state index contributed by atoms with van der Waals surface area (Å²) in [7, 11) is 0. The van der Waals surface area contributed by atoms with Crippen LogP contribution in [0.15, 0.2) is 48.5 Å². The van der Waals surface area contributed by atoms with Gasteiger partial charge in [-0.2, -0.15) is 0 Å². The number of hydrogen-bond donors (Lipinski definition) is 2. The monoisotopic (exact) mass is 357 g/mol. The first-order valence-electron chi connectivity index (χ1n) is 8.07. The van der Waals surface area contributed by atoms with Crippen LogP contribution < -0.4 is 15.5 Å². The van der Waals surface area contributed by atoms with Crippen molar-refractivity contribution in [3.05, 3.63) is 53.6 Å². The second-order valence-corrected chi connectivity index (χ2v) is 7.05. The van der Waals surface area contributed by atoms with E-state index >= 15 is 0 Å². The molecule has 2 N–H and O–H groups in total. The van der Waals surface area contributed by atoms with Crippen LogP contribution in [0.25, 0.3) is 0 Å². The number of benzene rings is 2. The lowest BCUT2D eigenvalue weighted by atomic mass is 9.96. The zero-order valence-corrected chi connectivity index (χ0v) is 15.1. The molecule has 25 heavy (non-hydrogen) atoms. The highest BCUT2D eigenvalue weighted by Gasteiger charge is 2.42. The Morgan fingerprint density at radius 1 is 1.16 bits per heavy atom. The van der Waals surface area contributed by atoms with Crippen molar-refractivity contribution >= 4 is 40.5 Å². The molecule has 2 amide bonds. The SMILES string of the molecule is CC(C(=O)Nc1ccc(Cl)cc1)N1C(=O)C(C)(C)Nc2ccccc21. The molecule has 130 valence electrons. The summed E-state index contributed by atoms with van der Waals surface area (Å²) >= 11 is 5.87. The highest BCUT2D eigenvalue weighted by Crippen LogP contribution is 2.36. The van der Waals surface area contributed by atoms with Gasteiger partial charge in [-0.15, -0.1) is 0 Å². The van der Waals surface area contributed by atoms with Gasteiger partial charge in [0.05, 0.1) is 11.4 Å². The molecule has 1 aliphatic heterocycles. The van der Waals surface area contributed by atoms with Crippen molar-refractivity contribution in [1.29, 1.82) is 0 Å². The summed E-state index contributed by atoms with van der Waals surface area (Å²) in [6.07, 6.45) is 0. The summed E-state index contributed by atoms with van der Waals surface area (Å²) < 4.78 is 0. The number of rotatable bonds is 3. The molecule has 5 nitrogen and oxygen atoms in total. The molecule has 1 aliphatic rings. The summed E-state index contributed by atoms with van der Waals surface area (Å²) in [6, 6.07) is 13.7. The third-order valence-corrected chi connectivity index (χ3v) is 4.49. The zero-order chi connectivity index (χ0) is 18.2. The average molecular weight is 358 g/mol. The average Bonchev–Trinajstić information content (AvgIpc) is 2.57. The van der Waals surface area contributed by atoms with Crippen molar-refractivity contribution in [2.24, 2.45) is 0 Å². The van der Waals surface area contributed by atoms with Gasteiger partial charge >= 0.3 is 0 Å². The molecule has 1 heterocycles. The van der Waals surface area contributed by atoms with E-state index in [-0.39, 0.29) is 11.8 Å². The van der Waals surface area contributed by atoms with Crippen LogP contribution >= 0.6 is 11.6 Å². The van der Waals surface area contributed by atoms with E-state index in [0.29, 0.717) is 16.4 Å². The lowest BCUT2D eigenvalue weighted by Gasteiger charge is -2.42. The summed E-state index contributed by atoms with van der Waals surface area (Å²) in [5, 5.41) is 6.66. The molecule has 6 heteroatoms. The van der Waals surface area contributed by atoms with Gasteiger partial charge in [-0.1, -0.05) is 23.7 Å². The molecule has 1 unspecified atom stereocenters. The van der Waals surface area contributed by atoms with Crippen LogP contribution in [0.1, 0.15) is 20.8 Å². The Kier molecular flexibility index (Phi) is 4.43. The number of fused-ring (bicyclic) bond motifs is 1. The molecule has 0 bridgehead atoms. The molecule has 0 saturated heterocycles. The fourth-order valence-corrected chi connectivity index (χ4v) is 3.00. The number of nitrogens with one attached hydrogen (secondary N) is 2. The van der Waals surface area contributed by atoms with Crippen LogP contribution in [0, 0.1) is 0 Å². The van der Waals surface area contributed by atoms with E-state index < -0.39 is 11.6 Å². The molecule has 0 saturated carbocycles. The summed E-state index contributed by atoms with van der Waals surface area (Å²) in [5.41, 5.74) is 1.38. The Hall–Kier alpha value is -2.53. The van der Waals surface area contributed by atoms with Crippen LogP contribution in [0.4, 0.5) is 17.1 Å². The van der Waals surface area contributed by atoms with E-state index in [4.69, 9.17) is 11.6 Å². The fraction of sp³-hybridized carbons (Fsp3) is 0.263. The van der Waals surface area contributed by atoms with E-state index in [1.807, 2.05) is 38.1 Å². The summed E-state index contributed by atoms with van der Waals surface area (Å²) in [4.78, 5) is 27.2. The van der Waals surface area contributed by atoms with Crippen LogP contribution in [-0.2, 0) is 9.59 Å². The molecular formula is C19H20ClN3O2. The smallest absolute Gasteiger partial charge is 0.252 e. The number of anilines is 3. The minimum absolute atomic E-state index is 0.148. The van der Waals surface area contributed by atoms with Gasteiger partial charge in [0.2, 0.25) is 5.91 Å². The van der Waals surface area contributed by atoms with E-state index in [1.165, 1.54) is 0 Å². The third kappa shape index (κ3) is 3.33. The lowest BCUT2D eigenvalue weighted by Crippen LogP contribution is -2.58. The van der Waals surface area contributed by atoms with Crippen molar-refractivity contribution in [2.75, 3.05) is 15.5 Å². The van der Waals surface area contributed by atoms with E-state index in [0.717, 1.165) is 5.69 Å². The number of halogens is 1. The zero-order valence-electron chi connectivity index (χ0n) is 14.3. The van der Waals surface area contributed by atoms with Gasteiger partial charge in [-0.25, -0.2) is 0 Å². The largest absolute Gasteiger partial charge is 0.370 e. The van der Waals surface area contributed by atoms with Crippen molar-refractivity contribution in [1.82, 2.24) is 0 Å². The highest BCUT2D eigenvalue weighted by atomic mass is 35.5. The predicted molar refractivity (Wildman–Crippen MR) is 101 cm³/mol. The fourth-order valence-electron chi connectivity index (χ4n) is 2.87. The van der Waals surface area contributed by atoms with Gasteiger partial charge in [0.1, 0.15) is 11.6 Å². The van der Waals surface area contributed by atoms with Gasteiger partial charge in [0, 0.05) is 10.7 Å². The highest BCUT2D eigenvalue weighted by molar-refractivity contribution is 6.30. The minimum Gasteiger partial charge on any atom is -0.370 e. The Bertz CT molecular complexity index is 818. The molecule has 2 aromatic carbocycles. The molecule has 0 radical (unpaired) electrons. The van der Waals surface area contributed by atoms with Crippen LogP contribution in [0.3, 0.4) is 0 Å². The maximum Gasteiger partial charge on any atom is 0.252 e. The minimum atomic E-state index is -0.789. The maximum atomic E-state index is 12.9. The first-order chi connectivity index (χ1) is 11.8. The molecule has 0 aliphatic carbocycles. The van der Waals surface area contributed by atoms with E-state index in [2.05, 4.69) is 10.6 Å². The van der Waals surface area contributed by atoms with Gasteiger partial charge in [-0.05, 0) is 57.2 Å². The normalized spacial score (nSPS) is 16.6. The number of amides is 2. The van der Waals surface area contributed by atoms with E-state index in [9.17, 15) is 9.59 Å². The van der Waals surface area contributed by atoms with Gasteiger partial charge in [-0.3, -0.25) is 14.5 Å². The molecule has 2 aromatic rings. The molecule has 0 aromatic heterocycles. The first kappa shape index (κ1) is 17.3. The van der Waals surface area contributed by atoms with Crippen molar-refractivity contribution in [3.8, 4) is 0 Å². The molecule has 3 rings (SSSR count). The predicted octanol–water partition coefficient (Wildman–Crippen LogP) is 3.90. The quantitative estimate of drug-likeness (QED) is 0.875. The van der Waals surface area contributed by atoms with Gasteiger partial charge < -0.3 is 10.6 Å².